The van der Waals surface area contributed by atoms with E-state index in [0.717, 1.165) is 37.0 Å². The Morgan fingerprint density at radius 1 is 1.25 bits per heavy atom. The Morgan fingerprint density at radius 3 is 2.65 bits per heavy atom. The van der Waals surface area contributed by atoms with Crippen LogP contribution in [-0.4, -0.2) is 23.9 Å². The fraction of sp³-hybridized carbons (Fsp3) is 0.647. The van der Waals surface area contributed by atoms with Crippen LogP contribution in [0.4, 0.5) is 0 Å². The number of para-hydroxylation sites is 1. The van der Waals surface area contributed by atoms with Crippen LogP contribution < -0.4 is 10.1 Å². The van der Waals surface area contributed by atoms with Crippen molar-refractivity contribution in [1.29, 1.82) is 0 Å². The first-order chi connectivity index (χ1) is 9.64. The maximum absolute atomic E-state index is 10.5. The summed E-state index contributed by atoms with van der Waals surface area (Å²) in [5.41, 5.74) is 0.640. The van der Waals surface area contributed by atoms with Crippen molar-refractivity contribution in [3.05, 3.63) is 29.8 Å². The maximum atomic E-state index is 10.5. The molecule has 2 N–H and O–H groups in total. The van der Waals surface area contributed by atoms with Gasteiger partial charge in [0, 0.05) is 18.2 Å². The second-order valence-electron chi connectivity index (χ2n) is 5.86. The normalized spacial score (nSPS) is 19.6. The van der Waals surface area contributed by atoms with Crippen LogP contribution in [0.25, 0.3) is 0 Å². The zero-order valence-corrected chi connectivity index (χ0v) is 12.7. The van der Waals surface area contributed by atoms with E-state index in [-0.39, 0.29) is 6.04 Å². The van der Waals surface area contributed by atoms with Gasteiger partial charge in [0.05, 0.1) is 12.2 Å². The Morgan fingerprint density at radius 2 is 1.95 bits per heavy atom. The molecule has 3 heteroatoms. The number of hydrogen-bond acceptors (Lipinski definition) is 3. The molecule has 0 amide bonds. The fourth-order valence-corrected chi connectivity index (χ4v) is 2.96. The first-order valence-corrected chi connectivity index (χ1v) is 7.82. The largest absolute Gasteiger partial charge is 0.494 e. The predicted molar refractivity (Wildman–Crippen MR) is 82.1 cm³/mol. The van der Waals surface area contributed by atoms with Crippen molar-refractivity contribution in [2.45, 2.75) is 57.6 Å². The van der Waals surface area contributed by atoms with Crippen molar-refractivity contribution in [3.8, 4) is 5.75 Å². The lowest BCUT2D eigenvalue weighted by Crippen LogP contribution is -2.42. The minimum Gasteiger partial charge on any atom is -0.494 e. The van der Waals surface area contributed by atoms with Crippen LogP contribution in [-0.2, 0) is 0 Å². The molecule has 0 spiro atoms. The van der Waals surface area contributed by atoms with E-state index >= 15 is 0 Å². The third kappa shape index (κ3) is 3.97. The predicted octanol–water partition coefficient (Wildman–Crippen LogP) is 3.43. The number of ether oxygens (including phenoxy) is 1. The topological polar surface area (TPSA) is 41.5 Å². The van der Waals surface area contributed by atoms with Crippen LogP contribution in [0.5, 0.6) is 5.75 Å². The number of aliphatic hydroxyl groups is 1. The molecule has 1 aliphatic carbocycles. The molecule has 1 aromatic rings. The van der Waals surface area contributed by atoms with Crippen molar-refractivity contribution in [3.63, 3.8) is 0 Å². The Kier molecular flexibility index (Phi) is 5.44. The summed E-state index contributed by atoms with van der Waals surface area (Å²) < 4.78 is 5.67. The van der Waals surface area contributed by atoms with E-state index in [1.54, 1.807) is 0 Å². The highest BCUT2D eigenvalue weighted by atomic mass is 16.5. The van der Waals surface area contributed by atoms with Crippen LogP contribution >= 0.6 is 0 Å². The molecule has 0 aromatic heterocycles. The molecule has 1 atom stereocenters. The number of nitrogens with one attached hydrogen (secondary N) is 1. The average Bonchev–Trinajstić information content (AvgIpc) is 2.47. The molecule has 1 aliphatic rings. The Balaban J connectivity index is 1.95. The molecule has 0 saturated heterocycles. The molecule has 1 unspecified atom stereocenters. The summed E-state index contributed by atoms with van der Waals surface area (Å²) in [6.45, 7) is 5.46. The van der Waals surface area contributed by atoms with E-state index < -0.39 is 5.60 Å². The van der Waals surface area contributed by atoms with Gasteiger partial charge in [-0.15, -0.1) is 0 Å². The van der Waals surface area contributed by atoms with Gasteiger partial charge in [0.15, 0.2) is 0 Å². The Bertz CT molecular complexity index is 413. The first-order valence-electron chi connectivity index (χ1n) is 7.82. The molecule has 1 saturated carbocycles. The molecule has 1 fully saturated rings. The van der Waals surface area contributed by atoms with Crippen LogP contribution in [0.3, 0.4) is 0 Å². The van der Waals surface area contributed by atoms with Gasteiger partial charge in [-0.2, -0.15) is 0 Å². The number of rotatable bonds is 6. The summed E-state index contributed by atoms with van der Waals surface area (Å²) in [6.07, 6.45) is 5.37. The molecule has 0 heterocycles. The van der Waals surface area contributed by atoms with E-state index in [1.165, 1.54) is 6.42 Å². The Hall–Kier alpha value is -1.06. The Labute approximate surface area is 122 Å². The van der Waals surface area contributed by atoms with Gasteiger partial charge >= 0.3 is 0 Å². The van der Waals surface area contributed by atoms with Crippen LogP contribution in [0.15, 0.2) is 24.3 Å². The monoisotopic (exact) mass is 277 g/mol. The molecule has 0 aliphatic heterocycles. The molecular weight excluding hydrogens is 250 g/mol. The highest BCUT2D eigenvalue weighted by Gasteiger charge is 2.29. The molecule has 0 bridgehead atoms. The van der Waals surface area contributed by atoms with Gasteiger partial charge < -0.3 is 15.2 Å². The summed E-state index contributed by atoms with van der Waals surface area (Å²) in [4.78, 5) is 0. The van der Waals surface area contributed by atoms with Crippen molar-refractivity contribution < 1.29 is 9.84 Å². The second-order valence-corrected chi connectivity index (χ2v) is 5.86. The van der Waals surface area contributed by atoms with Gasteiger partial charge in [-0.3, -0.25) is 0 Å². The highest BCUT2D eigenvalue weighted by molar-refractivity contribution is 5.35. The molecule has 1 aromatic carbocycles. The van der Waals surface area contributed by atoms with Crippen molar-refractivity contribution in [2.75, 3.05) is 13.2 Å². The first kappa shape index (κ1) is 15.3. The third-order valence-electron chi connectivity index (χ3n) is 4.21. The van der Waals surface area contributed by atoms with E-state index in [1.807, 2.05) is 25.1 Å². The van der Waals surface area contributed by atoms with Gasteiger partial charge in [0.2, 0.25) is 0 Å². The van der Waals surface area contributed by atoms with Gasteiger partial charge in [0.25, 0.3) is 0 Å². The van der Waals surface area contributed by atoms with E-state index in [9.17, 15) is 5.11 Å². The van der Waals surface area contributed by atoms with Gasteiger partial charge in [-0.1, -0.05) is 37.5 Å². The molecule has 3 nitrogen and oxygen atoms in total. The summed E-state index contributed by atoms with van der Waals surface area (Å²) in [6, 6.07) is 8.31. The molecule has 2 rings (SSSR count). The van der Waals surface area contributed by atoms with E-state index in [2.05, 4.69) is 18.3 Å². The van der Waals surface area contributed by atoms with Gasteiger partial charge in [-0.05, 0) is 32.8 Å². The summed E-state index contributed by atoms with van der Waals surface area (Å²) in [5, 5.41) is 14.0. The van der Waals surface area contributed by atoms with Crippen molar-refractivity contribution in [2.24, 2.45) is 0 Å². The van der Waals surface area contributed by atoms with E-state index in [0.29, 0.717) is 13.2 Å². The fourth-order valence-electron chi connectivity index (χ4n) is 2.96. The highest BCUT2D eigenvalue weighted by Crippen LogP contribution is 2.29. The van der Waals surface area contributed by atoms with Crippen LogP contribution in [0.1, 0.15) is 57.6 Å². The van der Waals surface area contributed by atoms with Crippen LogP contribution in [0, 0.1) is 0 Å². The summed E-state index contributed by atoms with van der Waals surface area (Å²) >= 11 is 0. The van der Waals surface area contributed by atoms with Crippen LogP contribution in [0.2, 0.25) is 0 Å². The lowest BCUT2D eigenvalue weighted by Gasteiger charge is -2.33. The molecule has 20 heavy (non-hydrogen) atoms. The summed E-state index contributed by atoms with van der Waals surface area (Å²) in [5.74, 6) is 0.936. The lowest BCUT2D eigenvalue weighted by molar-refractivity contribution is 0.00294. The van der Waals surface area contributed by atoms with Gasteiger partial charge in [0.1, 0.15) is 5.75 Å². The maximum Gasteiger partial charge on any atom is 0.124 e. The number of hydrogen-bond donors (Lipinski definition) is 2. The van der Waals surface area contributed by atoms with Crippen molar-refractivity contribution in [1.82, 2.24) is 5.32 Å². The SMILES string of the molecule is CCOc1ccccc1C(C)NCC1(O)CCCCC1. The minimum absolute atomic E-state index is 0.184. The van der Waals surface area contributed by atoms with Gasteiger partial charge in [-0.25, -0.2) is 0 Å². The summed E-state index contributed by atoms with van der Waals surface area (Å²) in [7, 11) is 0. The van der Waals surface area contributed by atoms with Crippen molar-refractivity contribution >= 4 is 0 Å². The second kappa shape index (κ2) is 7.09. The molecule has 112 valence electrons. The van der Waals surface area contributed by atoms with E-state index in [4.69, 9.17) is 4.74 Å². The third-order valence-corrected chi connectivity index (χ3v) is 4.21. The zero-order chi connectivity index (χ0) is 14.4. The quantitative estimate of drug-likeness (QED) is 0.837. The standard InChI is InChI=1S/C17H27NO2/c1-3-20-16-10-6-5-9-15(16)14(2)18-13-17(19)11-7-4-8-12-17/h5-6,9-10,14,18-19H,3-4,7-8,11-13H2,1-2H3. The average molecular weight is 277 g/mol. The lowest BCUT2D eigenvalue weighted by atomic mass is 9.84. The molecule has 0 radical (unpaired) electrons. The smallest absolute Gasteiger partial charge is 0.124 e. The number of benzene rings is 1. The molecular formula is C17H27NO2. The minimum atomic E-state index is -0.521. The zero-order valence-electron chi connectivity index (χ0n) is 12.7.